The number of hydrogen-bond acceptors (Lipinski definition) is 4. The minimum absolute atomic E-state index is 0.174. The van der Waals surface area contributed by atoms with E-state index in [0.29, 0.717) is 30.5 Å². The molecule has 0 aromatic heterocycles. The maximum absolute atomic E-state index is 11.8. The lowest BCUT2D eigenvalue weighted by Crippen LogP contribution is -2.44. The van der Waals surface area contributed by atoms with E-state index < -0.39 is 12.0 Å². The van der Waals surface area contributed by atoms with Crippen molar-refractivity contribution in [1.82, 2.24) is 5.32 Å². The van der Waals surface area contributed by atoms with E-state index in [1.807, 2.05) is 0 Å². The van der Waals surface area contributed by atoms with E-state index in [4.69, 9.17) is 4.74 Å². The lowest BCUT2D eigenvalue weighted by atomic mass is 10.1. The first-order valence-electron chi connectivity index (χ1n) is 5.33. The summed E-state index contributed by atoms with van der Waals surface area (Å²) < 4.78 is 10.4. The van der Waals surface area contributed by atoms with Gasteiger partial charge in [-0.25, -0.2) is 4.79 Å². The van der Waals surface area contributed by atoms with Crippen LogP contribution in [0.1, 0.15) is 12.8 Å². The van der Waals surface area contributed by atoms with Gasteiger partial charge < -0.3 is 14.8 Å². The Morgan fingerprint density at radius 3 is 2.82 bits per heavy atom. The molecule has 1 rings (SSSR count). The van der Waals surface area contributed by atoms with Crippen LogP contribution in [0.4, 0.5) is 0 Å². The summed E-state index contributed by atoms with van der Waals surface area (Å²) in [6.07, 6.45) is 1.00. The Bertz CT molecular complexity index is 313. The van der Waals surface area contributed by atoms with Gasteiger partial charge in [0.1, 0.15) is 6.04 Å². The number of methoxy groups -OCH3 is 1. The molecule has 1 fully saturated rings. The molecule has 0 aromatic carbocycles. The van der Waals surface area contributed by atoms with Crippen molar-refractivity contribution >= 4 is 27.8 Å². The molecule has 5 nitrogen and oxygen atoms in total. The molecule has 0 aliphatic carbocycles. The molecule has 1 amide bonds. The first kappa shape index (κ1) is 14.2. The number of ether oxygens (including phenoxy) is 2. The smallest absolute Gasteiger partial charge is 0.328 e. The van der Waals surface area contributed by atoms with Crippen LogP contribution in [0.2, 0.25) is 0 Å². The second kappa shape index (κ2) is 6.76. The molecule has 1 N–H and O–H groups in total. The number of esters is 1. The highest BCUT2D eigenvalue weighted by atomic mass is 79.9. The van der Waals surface area contributed by atoms with Crippen LogP contribution in [0.3, 0.4) is 0 Å². The van der Waals surface area contributed by atoms with Crippen molar-refractivity contribution in [3.05, 3.63) is 11.1 Å². The fourth-order valence-electron chi connectivity index (χ4n) is 1.59. The van der Waals surface area contributed by atoms with E-state index in [1.54, 1.807) is 0 Å². The number of nitrogens with one attached hydrogen (secondary N) is 1. The van der Waals surface area contributed by atoms with Crippen molar-refractivity contribution in [1.29, 1.82) is 0 Å². The SMILES string of the molecule is C=C(Br)C[C@@H](NC(=O)[C@H]1CCOC1)C(=O)OC. The zero-order valence-corrected chi connectivity index (χ0v) is 11.3. The minimum Gasteiger partial charge on any atom is -0.467 e. The van der Waals surface area contributed by atoms with Gasteiger partial charge in [0.2, 0.25) is 5.91 Å². The highest BCUT2D eigenvalue weighted by Crippen LogP contribution is 2.15. The van der Waals surface area contributed by atoms with Crippen LogP contribution < -0.4 is 5.32 Å². The van der Waals surface area contributed by atoms with Gasteiger partial charge >= 0.3 is 5.97 Å². The van der Waals surface area contributed by atoms with Crippen LogP contribution in [0, 0.1) is 5.92 Å². The zero-order valence-electron chi connectivity index (χ0n) is 9.70. The highest BCUT2D eigenvalue weighted by molar-refractivity contribution is 9.11. The summed E-state index contributed by atoms with van der Waals surface area (Å²) in [4.78, 5) is 23.3. The number of amides is 1. The lowest BCUT2D eigenvalue weighted by molar-refractivity contribution is -0.145. The normalized spacial score (nSPS) is 20.7. The van der Waals surface area contributed by atoms with Crippen LogP contribution in [-0.2, 0) is 19.1 Å². The Labute approximate surface area is 109 Å². The molecule has 1 aliphatic heterocycles. The molecule has 0 radical (unpaired) electrons. The molecule has 2 atom stereocenters. The average molecular weight is 306 g/mol. The van der Waals surface area contributed by atoms with Gasteiger partial charge in [0.15, 0.2) is 0 Å². The quantitative estimate of drug-likeness (QED) is 0.769. The van der Waals surface area contributed by atoms with Crippen molar-refractivity contribution in [2.45, 2.75) is 18.9 Å². The van der Waals surface area contributed by atoms with Gasteiger partial charge in [0.25, 0.3) is 0 Å². The third-order valence-electron chi connectivity index (χ3n) is 2.53. The summed E-state index contributed by atoms with van der Waals surface area (Å²) in [5.41, 5.74) is 0. The predicted molar refractivity (Wildman–Crippen MR) is 65.6 cm³/mol. The summed E-state index contributed by atoms with van der Waals surface area (Å²) >= 11 is 3.17. The fourth-order valence-corrected chi connectivity index (χ4v) is 1.91. The Hall–Kier alpha value is -0.880. The summed E-state index contributed by atoms with van der Waals surface area (Å²) in [7, 11) is 1.29. The first-order valence-corrected chi connectivity index (χ1v) is 6.13. The van der Waals surface area contributed by atoms with Crippen LogP contribution in [-0.4, -0.2) is 38.2 Å². The molecule has 0 unspecified atom stereocenters. The van der Waals surface area contributed by atoms with Gasteiger partial charge in [-0.1, -0.05) is 22.5 Å². The Kier molecular flexibility index (Phi) is 5.64. The van der Waals surface area contributed by atoms with Gasteiger partial charge in [-0.15, -0.1) is 0 Å². The monoisotopic (exact) mass is 305 g/mol. The van der Waals surface area contributed by atoms with Crippen LogP contribution >= 0.6 is 15.9 Å². The molecule has 1 saturated heterocycles. The maximum Gasteiger partial charge on any atom is 0.328 e. The second-order valence-electron chi connectivity index (χ2n) is 3.87. The Morgan fingerprint density at radius 1 is 1.65 bits per heavy atom. The van der Waals surface area contributed by atoms with Crippen molar-refractivity contribution in [3.8, 4) is 0 Å². The average Bonchev–Trinajstić information content (AvgIpc) is 2.79. The number of rotatable bonds is 5. The molecule has 6 heteroatoms. The van der Waals surface area contributed by atoms with Gasteiger partial charge in [-0.05, 0) is 10.9 Å². The van der Waals surface area contributed by atoms with Gasteiger partial charge in [-0.2, -0.15) is 0 Å². The van der Waals surface area contributed by atoms with E-state index in [9.17, 15) is 9.59 Å². The third-order valence-corrected chi connectivity index (χ3v) is 2.85. The number of carbonyl (C=O) groups is 2. The number of carbonyl (C=O) groups excluding carboxylic acids is 2. The van der Waals surface area contributed by atoms with Crippen LogP contribution in [0.5, 0.6) is 0 Å². The van der Waals surface area contributed by atoms with E-state index in [2.05, 4.69) is 32.6 Å². The molecule has 0 bridgehead atoms. The molecule has 1 aliphatic rings. The van der Waals surface area contributed by atoms with E-state index in [0.717, 1.165) is 0 Å². The summed E-state index contributed by atoms with van der Waals surface area (Å²) in [5.74, 6) is -0.824. The van der Waals surface area contributed by atoms with Gasteiger partial charge in [0.05, 0.1) is 19.6 Å². The third kappa shape index (κ3) is 4.47. The van der Waals surface area contributed by atoms with E-state index in [1.165, 1.54) is 7.11 Å². The number of hydrogen-bond donors (Lipinski definition) is 1. The summed E-state index contributed by atoms with van der Waals surface area (Å²) in [5, 5.41) is 2.66. The van der Waals surface area contributed by atoms with Crippen LogP contribution in [0.15, 0.2) is 11.1 Å². The molecule has 0 spiro atoms. The van der Waals surface area contributed by atoms with E-state index in [-0.39, 0.29) is 11.8 Å². The summed E-state index contributed by atoms with van der Waals surface area (Å²) in [6.45, 7) is 4.65. The van der Waals surface area contributed by atoms with Crippen LogP contribution in [0.25, 0.3) is 0 Å². The molecular weight excluding hydrogens is 290 g/mol. The molecule has 0 aromatic rings. The Balaban J connectivity index is 2.55. The second-order valence-corrected chi connectivity index (χ2v) is 4.99. The van der Waals surface area contributed by atoms with Gasteiger partial charge in [0, 0.05) is 13.0 Å². The minimum atomic E-state index is -0.694. The molecule has 0 saturated carbocycles. The van der Waals surface area contributed by atoms with Gasteiger partial charge in [-0.3, -0.25) is 4.79 Å². The lowest BCUT2D eigenvalue weighted by Gasteiger charge is -2.17. The zero-order chi connectivity index (χ0) is 12.8. The van der Waals surface area contributed by atoms with E-state index >= 15 is 0 Å². The van der Waals surface area contributed by atoms with Crippen molar-refractivity contribution in [3.63, 3.8) is 0 Å². The molecular formula is C11H16BrNO4. The summed E-state index contributed by atoms with van der Waals surface area (Å²) in [6, 6.07) is -0.694. The van der Waals surface area contributed by atoms with Crippen molar-refractivity contribution in [2.75, 3.05) is 20.3 Å². The predicted octanol–water partition coefficient (Wildman–Crippen LogP) is 0.979. The standard InChI is InChI=1S/C11H16BrNO4/c1-7(12)5-9(11(15)16-2)13-10(14)8-3-4-17-6-8/h8-9H,1,3-6H2,2H3,(H,13,14)/t8-,9+/m0/s1. The van der Waals surface area contributed by atoms with Crippen molar-refractivity contribution in [2.24, 2.45) is 5.92 Å². The maximum atomic E-state index is 11.8. The number of halogens is 1. The fraction of sp³-hybridized carbons (Fsp3) is 0.636. The molecule has 1 heterocycles. The molecule has 17 heavy (non-hydrogen) atoms. The largest absolute Gasteiger partial charge is 0.467 e. The molecule has 96 valence electrons. The van der Waals surface area contributed by atoms with Crippen molar-refractivity contribution < 1.29 is 19.1 Å². The highest BCUT2D eigenvalue weighted by Gasteiger charge is 2.28. The Morgan fingerprint density at radius 2 is 2.35 bits per heavy atom. The topological polar surface area (TPSA) is 64.6 Å². The first-order chi connectivity index (χ1) is 8.04.